The lowest BCUT2D eigenvalue weighted by Gasteiger charge is -2.22. The van der Waals surface area contributed by atoms with E-state index in [1.54, 1.807) is 4.90 Å². The molecule has 3 rings (SSSR count). The average molecular weight is 409 g/mol. The van der Waals surface area contributed by atoms with Crippen molar-refractivity contribution in [3.63, 3.8) is 0 Å². The maximum absolute atomic E-state index is 12.5. The molecule has 0 radical (unpaired) electrons. The number of hydrogen-bond donors (Lipinski definition) is 2. The van der Waals surface area contributed by atoms with Crippen LogP contribution in [0.2, 0.25) is 0 Å². The van der Waals surface area contributed by atoms with Gasteiger partial charge in [-0.3, -0.25) is 4.79 Å². The van der Waals surface area contributed by atoms with E-state index >= 15 is 0 Å². The second kappa shape index (κ2) is 9.20. The number of carbonyl (C=O) groups excluding carboxylic acids is 2. The second-order valence-corrected chi connectivity index (χ2v) is 7.94. The number of amides is 3. The number of nitrogens with one attached hydrogen (secondary N) is 2. The molecule has 1 aliphatic rings. The van der Waals surface area contributed by atoms with Gasteiger partial charge in [-0.2, -0.15) is 0 Å². The Labute approximate surface area is 179 Å². The molecule has 0 aromatic heterocycles. The Bertz CT molecular complexity index is 937. The Balaban J connectivity index is 1.61. The van der Waals surface area contributed by atoms with Crippen LogP contribution in [0, 0.1) is 20.8 Å². The maximum Gasteiger partial charge on any atom is 0.319 e. The van der Waals surface area contributed by atoms with Gasteiger partial charge >= 0.3 is 6.03 Å². The highest BCUT2D eigenvalue weighted by Crippen LogP contribution is 2.25. The van der Waals surface area contributed by atoms with Gasteiger partial charge in [-0.1, -0.05) is 6.07 Å². The molecule has 2 N–H and O–H groups in total. The quantitative estimate of drug-likeness (QED) is 0.745. The molecule has 0 spiro atoms. The van der Waals surface area contributed by atoms with Crippen molar-refractivity contribution in [2.24, 2.45) is 0 Å². The van der Waals surface area contributed by atoms with Gasteiger partial charge in [-0.25, -0.2) is 4.79 Å². The Hall–Kier alpha value is -3.02. The topological polar surface area (TPSA) is 64.7 Å². The Morgan fingerprint density at radius 2 is 1.77 bits per heavy atom. The van der Waals surface area contributed by atoms with E-state index in [1.807, 2.05) is 44.2 Å². The van der Waals surface area contributed by atoms with E-state index in [1.165, 1.54) is 5.56 Å². The van der Waals surface area contributed by atoms with Crippen LogP contribution < -0.4 is 20.4 Å². The Kier molecular flexibility index (Phi) is 6.65. The van der Waals surface area contributed by atoms with Crippen molar-refractivity contribution in [3.8, 4) is 0 Å². The molecule has 1 atom stereocenters. The fraction of sp³-hybridized carbons (Fsp3) is 0.417. The van der Waals surface area contributed by atoms with Gasteiger partial charge in [0.15, 0.2) is 0 Å². The molecule has 30 heavy (non-hydrogen) atoms. The van der Waals surface area contributed by atoms with Crippen LogP contribution in [0.3, 0.4) is 0 Å². The fourth-order valence-corrected chi connectivity index (χ4v) is 3.86. The van der Waals surface area contributed by atoms with Crippen LogP contribution in [0.25, 0.3) is 0 Å². The molecule has 2 aromatic carbocycles. The summed E-state index contributed by atoms with van der Waals surface area (Å²) in [5.74, 6) is 0.0308. The van der Waals surface area contributed by atoms with Crippen molar-refractivity contribution < 1.29 is 9.59 Å². The number of rotatable bonds is 6. The normalized spacial score (nSPS) is 16.0. The van der Waals surface area contributed by atoms with Crippen LogP contribution >= 0.6 is 0 Å². The third-order valence-electron chi connectivity index (χ3n) is 5.85. The van der Waals surface area contributed by atoms with Crippen molar-refractivity contribution in [1.29, 1.82) is 0 Å². The molecule has 6 heteroatoms. The molecule has 3 amide bonds. The first kappa shape index (κ1) is 21.7. The summed E-state index contributed by atoms with van der Waals surface area (Å²) < 4.78 is 0. The summed E-state index contributed by atoms with van der Waals surface area (Å²) in [5.41, 5.74) is 6.16. The molecule has 1 fully saturated rings. The first-order chi connectivity index (χ1) is 14.3. The minimum Gasteiger partial charge on any atom is -0.372 e. The Morgan fingerprint density at radius 3 is 2.40 bits per heavy atom. The summed E-state index contributed by atoms with van der Waals surface area (Å²) in [5, 5.41) is 5.87. The third-order valence-corrected chi connectivity index (χ3v) is 5.85. The van der Waals surface area contributed by atoms with Crippen molar-refractivity contribution in [3.05, 3.63) is 53.1 Å². The molecule has 1 heterocycles. The predicted molar refractivity (Wildman–Crippen MR) is 124 cm³/mol. The van der Waals surface area contributed by atoms with Crippen molar-refractivity contribution in [2.75, 3.05) is 34.8 Å². The van der Waals surface area contributed by atoms with E-state index in [4.69, 9.17) is 0 Å². The highest BCUT2D eigenvalue weighted by molar-refractivity contribution is 5.98. The summed E-state index contributed by atoms with van der Waals surface area (Å²) in [6, 6.07) is 11.6. The lowest BCUT2D eigenvalue weighted by Crippen LogP contribution is -2.39. The number of anilines is 3. The van der Waals surface area contributed by atoms with Crippen LogP contribution in [0.15, 0.2) is 36.4 Å². The number of urea groups is 1. The van der Waals surface area contributed by atoms with Gasteiger partial charge in [0, 0.05) is 43.1 Å². The summed E-state index contributed by atoms with van der Waals surface area (Å²) in [7, 11) is 0. The van der Waals surface area contributed by atoms with Crippen LogP contribution in [-0.2, 0) is 4.79 Å². The Morgan fingerprint density at radius 1 is 1.03 bits per heavy atom. The average Bonchev–Trinajstić information content (AvgIpc) is 3.07. The van der Waals surface area contributed by atoms with Gasteiger partial charge in [0.2, 0.25) is 5.91 Å². The first-order valence-corrected chi connectivity index (χ1v) is 10.6. The van der Waals surface area contributed by atoms with Gasteiger partial charge in [-0.15, -0.1) is 0 Å². The monoisotopic (exact) mass is 408 g/mol. The highest BCUT2D eigenvalue weighted by Gasteiger charge is 2.31. The van der Waals surface area contributed by atoms with Crippen LogP contribution in [0.1, 0.15) is 37.0 Å². The molecule has 0 unspecified atom stereocenters. The summed E-state index contributed by atoms with van der Waals surface area (Å²) in [6.07, 6.45) is 0.306. The molecule has 0 aliphatic carbocycles. The van der Waals surface area contributed by atoms with Crippen LogP contribution in [-0.4, -0.2) is 37.6 Å². The standard InChI is InChI=1S/C24H32N4O2/c1-6-27(7-2)20-10-11-22(18(5)13-20)26-24(30)25-19-14-23(29)28(15-19)21-9-8-16(3)17(4)12-21/h8-13,19H,6-7,14-15H2,1-5H3,(H2,25,26,30)/t19-/m1/s1. The smallest absolute Gasteiger partial charge is 0.319 e. The van der Waals surface area contributed by atoms with Crippen molar-refractivity contribution in [2.45, 2.75) is 47.1 Å². The molecule has 2 aromatic rings. The summed E-state index contributed by atoms with van der Waals surface area (Å²) in [4.78, 5) is 29.0. The van der Waals surface area contributed by atoms with E-state index in [0.717, 1.165) is 41.3 Å². The van der Waals surface area contributed by atoms with Gasteiger partial charge in [0.25, 0.3) is 0 Å². The van der Waals surface area contributed by atoms with E-state index < -0.39 is 0 Å². The second-order valence-electron chi connectivity index (χ2n) is 7.94. The van der Waals surface area contributed by atoms with Gasteiger partial charge < -0.3 is 20.4 Å². The largest absolute Gasteiger partial charge is 0.372 e. The molecule has 6 nitrogen and oxygen atoms in total. The molecule has 0 bridgehead atoms. The van der Waals surface area contributed by atoms with Gasteiger partial charge in [0.05, 0.1) is 6.04 Å². The number of hydrogen-bond acceptors (Lipinski definition) is 3. The van der Waals surface area contributed by atoms with E-state index in [0.29, 0.717) is 13.0 Å². The van der Waals surface area contributed by atoms with E-state index in [9.17, 15) is 9.59 Å². The molecule has 0 saturated carbocycles. The van der Waals surface area contributed by atoms with Crippen LogP contribution in [0.4, 0.5) is 21.9 Å². The number of aryl methyl sites for hydroxylation is 3. The van der Waals surface area contributed by atoms with Crippen LogP contribution in [0.5, 0.6) is 0 Å². The van der Waals surface area contributed by atoms with Gasteiger partial charge in [0.1, 0.15) is 0 Å². The maximum atomic E-state index is 12.5. The SMILES string of the molecule is CCN(CC)c1ccc(NC(=O)N[C@@H]2CC(=O)N(c3ccc(C)c(C)c3)C2)c(C)c1. The summed E-state index contributed by atoms with van der Waals surface area (Å²) in [6.45, 7) is 12.7. The molecule has 1 aliphatic heterocycles. The third kappa shape index (κ3) is 4.75. The fourth-order valence-electron chi connectivity index (χ4n) is 3.86. The lowest BCUT2D eigenvalue weighted by molar-refractivity contribution is -0.117. The molecular formula is C24H32N4O2. The predicted octanol–water partition coefficient (Wildman–Crippen LogP) is 4.39. The van der Waals surface area contributed by atoms with Crippen molar-refractivity contribution in [1.82, 2.24) is 5.32 Å². The number of nitrogens with zero attached hydrogens (tertiary/aromatic N) is 2. The van der Waals surface area contributed by atoms with E-state index in [-0.39, 0.29) is 18.0 Å². The molecular weight excluding hydrogens is 376 g/mol. The van der Waals surface area contributed by atoms with E-state index in [2.05, 4.69) is 42.4 Å². The molecule has 1 saturated heterocycles. The number of benzene rings is 2. The van der Waals surface area contributed by atoms with Gasteiger partial charge in [-0.05, 0) is 81.6 Å². The van der Waals surface area contributed by atoms with Crippen molar-refractivity contribution >= 4 is 29.0 Å². The zero-order valence-corrected chi connectivity index (χ0v) is 18.6. The molecule has 160 valence electrons. The lowest BCUT2D eigenvalue weighted by atomic mass is 10.1. The zero-order chi connectivity index (χ0) is 21.8. The zero-order valence-electron chi connectivity index (χ0n) is 18.6. The first-order valence-electron chi connectivity index (χ1n) is 10.6. The minimum atomic E-state index is -0.284. The highest BCUT2D eigenvalue weighted by atomic mass is 16.2. The summed E-state index contributed by atoms with van der Waals surface area (Å²) >= 11 is 0. The minimum absolute atomic E-state index is 0.0308. The number of carbonyl (C=O) groups is 2.